The fourth-order valence-electron chi connectivity index (χ4n) is 6.58. The normalized spacial score (nSPS) is 44.6. The van der Waals surface area contributed by atoms with Crippen molar-refractivity contribution in [2.24, 2.45) is 28.6 Å². The predicted octanol–water partition coefficient (Wildman–Crippen LogP) is 5.07. The van der Waals surface area contributed by atoms with Gasteiger partial charge in [-0.05, 0) is 66.8 Å². The van der Waals surface area contributed by atoms with Crippen LogP contribution in [0.4, 0.5) is 0 Å². The molecule has 1 heteroatoms. The summed E-state index contributed by atoms with van der Waals surface area (Å²) in [6, 6.07) is 0. The van der Waals surface area contributed by atoms with Crippen LogP contribution < -0.4 is 0 Å². The van der Waals surface area contributed by atoms with Gasteiger partial charge in [-0.25, -0.2) is 0 Å². The van der Waals surface area contributed by atoms with Crippen molar-refractivity contribution in [2.75, 3.05) is 0 Å². The molecule has 0 amide bonds. The molecule has 0 aromatic carbocycles. The Labute approximate surface area is 128 Å². The summed E-state index contributed by atoms with van der Waals surface area (Å²) in [6.45, 7) is 11.5. The Balaban J connectivity index is 1.83. The highest BCUT2D eigenvalue weighted by Crippen LogP contribution is 2.64. The molecule has 2 fully saturated rings. The number of hydrogen-bond acceptors (Lipinski definition) is 1. The highest BCUT2D eigenvalue weighted by Gasteiger charge is 2.56. The van der Waals surface area contributed by atoms with Crippen molar-refractivity contribution < 1.29 is 4.79 Å². The van der Waals surface area contributed by atoms with E-state index in [9.17, 15) is 4.79 Å². The van der Waals surface area contributed by atoms with Gasteiger partial charge in [0.2, 0.25) is 0 Å². The number of carbonyl (C=O) groups is 1. The maximum Gasteiger partial charge on any atom is 0.165 e. The van der Waals surface area contributed by atoms with Crippen molar-refractivity contribution in [3.63, 3.8) is 0 Å². The number of ketones is 1. The molecule has 0 aliphatic heterocycles. The van der Waals surface area contributed by atoms with Gasteiger partial charge >= 0.3 is 0 Å². The van der Waals surface area contributed by atoms with Crippen LogP contribution in [-0.4, -0.2) is 5.78 Å². The summed E-state index contributed by atoms with van der Waals surface area (Å²) < 4.78 is 0. The summed E-state index contributed by atoms with van der Waals surface area (Å²) in [4.78, 5) is 12.7. The molecule has 4 atom stereocenters. The number of rotatable bonds is 0. The summed E-state index contributed by atoms with van der Waals surface area (Å²) in [5.74, 6) is 1.82. The zero-order valence-corrected chi connectivity index (χ0v) is 13.8. The fraction of sp³-hybridized carbons (Fsp3) is 0.750. The SMILES string of the molecule is C=C1C(=O)C2CC1CC1=C2C2(C)CCCC(C)(C)C2CC1. The molecule has 21 heavy (non-hydrogen) atoms. The minimum atomic E-state index is 0.202. The Morgan fingerprint density at radius 3 is 2.71 bits per heavy atom. The lowest BCUT2D eigenvalue weighted by atomic mass is 9.48. The molecule has 0 heterocycles. The topological polar surface area (TPSA) is 17.1 Å². The molecular weight excluding hydrogens is 256 g/mol. The van der Waals surface area contributed by atoms with Gasteiger partial charge < -0.3 is 0 Å². The first-order chi connectivity index (χ1) is 9.84. The minimum absolute atomic E-state index is 0.202. The molecule has 4 rings (SSSR count). The molecule has 2 bridgehead atoms. The summed E-state index contributed by atoms with van der Waals surface area (Å²) in [5.41, 5.74) is 4.89. The highest BCUT2D eigenvalue weighted by atomic mass is 16.1. The molecule has 2 saturated carbocycles. The molecule has 1 nitrogen and oxygen atoms in total. The summed E-state index contributed by atoms with van der Waals surface area (Å²) in [7, 11) is 0. The van der Waals surface area contributed by atoms with Gasteiger partial charge in [-0.15, -0.1) is 0 Å². The number of fused-ring (bicyclic) bond motifs is 5. The Morgan fingerprint density at radius 1 is 1.19 bits per heavy atom. The smallest absolute Gasteiger partial charge is 0.165 e. The van der Waals surface area contributed by atoms with Crippen LogP contribution in [0.15, 0.2) is 23.3 Å². The van der Waals surface area contributed by atoms with E-state index in [-0.39, 0.29) is 11.3 Å². The average molecular weight is 284 g/mol. The maximum atomic E-state index is 12.7. The van der Waals surface area contributed by atoms with E-state index < -0.39 is 0 Å². The van der Waals surface area contributed by atoms with E-state index in [0.717, 1.165) is 24.3 Å². The molecule has 0 radical (unpaired) electrons. The van der Waals surface area contributed by atoms with Gasteiger partial charge in [-0.3, -0.25) is 4.79 Å². The third kappa shape index (κ3) is 1.67. The molecule has 4 aliphatic carbocycles. The van der Waals surface area contributed by atoms with Crippen LogP contribution in [0.3, 0.4) is 0 Å². The van der Waals surface area contributed by atoms with Gasteiger partial charge in [0.05, 0.1) is 0 Å². The lowest BCUT2D eigenvalue weighted by Gasteiger charge is -2.57. The van der Waals surface area contributed by atoms with E-state index >= 15 is 0 Å². The highest BCUT2D eigenvalue weighted by molar-refractivity contribution is 6.02. The Bertz CT molecular complexity index is 564. The standard InChI is InChI=1S/C20H28O/c1-12-14-10-13-6-7-16-19(2,3)8-5-9-20(16,4)17(13)15(11-14)18(12)21/h14-16H,1,5-11H2,2-4H3. The quantitative estimate of drug-likeness (QED) is 0.448. The summed E-state index contributed by atoms with van der Waals surface area (Å²) in [6.07, 6.45) is 8.75. The molecule has 114 valence electrons. The number of hydrogen-bond donors (Lipinski definition) is 0. The summed E-state index contributed by atoms with van der Waals surface area (Å²) in [5, 5.41) is 0. The number of Topliss-reactive ketones (excluding diaryl/α,β-unsaturated/α-hetero) is 1. The fourth-order valence-corrected chi connectivity index (χ4v) is 6.58. The van der Waals surface area contributed by atoms with E-state index in [1.807, 2.05) is 0 Å². The first kappa shape index (κ1) is 13.8. The van der Waals surface area contributed by atoms with Crippen molar-refractivity contribution >= 4 is 5.78 Å². The van der Waals surface area contributed by atoms with Gasteiger partial charge in [0.1, 0.15) is 0 Å². The molecular formula is C20H28O. The lowest BCUT2D eigenvalue weighted by Crippen LogP contribution is -2.48. The van der Waals surface area contributed by atoms with Crippen LogP contribution in [-0.2, 0) is 4.79 Å². The molecule has 0 saturated heterocycles. The van der Waals surface area contributed by atoms with Crippen LogP contribution in [0.5, 0.6) is 0 Å². The van der Waals surface area contributed by atoms with Crippen molar-refractivity contribution in [3.8, 4) is 0 Å². The van der Waals surface area contributed by atoms with Crippen molar-refractivity contribution in [1.29, 1.82) is 0 Å². The molecule has 4 aliphatic rings. The van der Waals surface area contributed by atoms with Crippen molar-refractivity contribution in [3.05, 3.63) is 23.3 Å². The molecule has 4 unspecified atom stereocenters. The minimum Gasteiger partial charge on any atom is -0.294 e. The van der Waals surface area contributed by atoms with E-state index in [4.69, 9.17) is 0 Å². The predicted molar refractivity (Wildman–Crippen MR) is 85.9 cm³/mol. The second-order valence-electron chi connectivity index (χ2n) is 8.95. The monoisotopic (exact) mass is 284 g/mol. The van der Waals surface area contributed by atoms with Gasteiger partial charge in [0.15, 0.2) is 5.78 Å². The van der Waals surface area contributed by atoms with E-state index in [1.54, 1.807) is 11.1 Å². The second-order valence-corrected chi connectivity index (χ2v) is 8.95. The number of carbonyl (C=O) groups excluding carboxylic acids is 1. The second kappa shape index (κ2) is 4.12. The van der Waals surface area contributed by atoms with Crippen molar-refractivity contribution in [1.82, 2.24) is 0 Å². The third-order valence-corrected chi connectivity index (χ3v) is 7.45. The van der Waals surface area contributed by atoms with Crippen LogP contribution in [0.25, 0.3) is 0 Å². The summed E-state index contributed by atoms with van der Waals surface area (Å²) >= 11 is 0. The van der Waals surface area contributed by atoms with Gasteiger partial charge in [-0.1, -0.05) is 44.9 Å². The maximum absolute atomic E-state index is 12.7. The first-order valence-corrected chi connectivity index (χ1v) is 8.80. The molecule has 0 spiro atoms. The average Bonchev–Trinajstić information content (AvgIpc) is 2.62. The first-order valence-electron chi connectivity index (χ1n) is 8.80. The Hall–Kier alpha value is -0.850. The van der Waals surface area contributed by atoms with Crippen LogP contribution in [0.2, 0.25) is 0 Å². The van der Waals surface area contributed by atoms with Gasteiger partial charge in [0.25, 0.3) is 0 Å². The largest absolute Gasteiger partial charge is 0.294 e. The Morgan fingerprint density at radius 2 is 1.95 bits per heavy atom. The van der Waals surface area contributed by atoms with E-state index in [0.29, 0.717) is 17.1 Å². The van der Waals surface area contributed by atoms with Crippen LogP contribution in [0, 0.1) is 28.6 Å². The third-order valence-electron chi connectivity index (χ3n) is 7.45. The van der Waals surface area contributed by atoms with E-state index in [2.05, 4.69) is 27.4 Å². The Kier molecular flexibility index (Phi) is 2.70. The van der Waals surface area contributed by atoms with Crippen LogP contribution >= 0.6 is 0 Å². The molecule has 0 aromatic heterocycles. The zero-order chi connectivity index (χ0) is 15.0. The van der Waals surface area contributed by atoms with Gasteiger partial charge in [-0.2, -0.15) is 0 Å². The number of allylic oxidation sites excluding steroid dienone is 3. The molecule has 0 N–H and O–H groups in total. The lowest BCUT2D eigenvalue weighted by molar-refractivity contribution is -0.117. The zero-order valence-electron chi connectivity index (χ0n) is 13.8. The van der Waals surface area contributed by atoms with E-state index in [1.165, 1.54) is 32.1 Å². The molecule has 0 aromatic rings. The van der Waals surface area contributed by atoms with Crippen LogP contribution in [0.1, 0.15) is 65.7 Å². The van der Waals surface area contributed by atoms with Gasteiger partial charge in [0, 0.05) is 5.92 Å². The van der Waals surface area contributed by atoms with Crippen molar-refractivity contribution in [2.45, 2.75) is 65.7 Å².